The van der Waals surface area contributed by atoms with Crippen LogP contribution in [0.25, 0.3) is 98.4 Å². The highest BCUT2D eigenvalue weighted by atomic mass is 15.3. The van der Waals surface area contributed by atoms with Crippen LogP contribution in [0.15, 0.2) is 221 Å². The number of benzene rings is 4. The summed E-state index contributed by atoms with van der Waals surface area (Å²) in [4.78, 5) is 33.5. The maximum absolute atomic E-state index is 4.27. The Morgan fingerprint density at radius 1 is 0.220 bits per heavy atom. The van der Waals surface area contributed by atoms with E-state index in [0.717, 1.165) is 55.7 Å². The van der Waals surface area contributed by atoms with E-state index in [-0.39, 0.29) is 0 Å². The molecular weight excluding hydrogens is 1450 g/mol. The third-order valence-corrected chi connectivity index (χ3v) is 17.8. The van der Waals surface area contributed by atoms with Crippen LogP contribution in [0.3, 0.4) is 0 Å². The Morgan fingerprint density at radius 2 is 0.568 bits per heavy atom. The van der Waals surface area contributed by atoms with E-state index in [9.17, 15) is 0 Å². The van der Waals surface area contributed by atoms with Gasteiger partial charge in [-0.2, -0.15) is 10.2 Å². The summed E-state index contributed by atoms with van der Waals surface area (Å²) >= 11 is 0. The molecule has 118 heavy (non-hydrogen) atoms. The summed E-state index contributed by atoms with van der Waals surface area (Å²) in [6.07, 6.45) is 28.5. The average molecular weight is 1600 g/mol. The lowest BCUT2D eigenvalue weighted by Gasteiger charge is -2.03. The molecular formula is C100H144N18. The molecule has 0 spiro atoms. The minimum atomic E-state index is 1.01. The molecule has 0 amide bonds. The maximum Gasteiger partial charge on any atom is 0.116 e. The zero-order valence-corrected chi connectivity index (χ0v) is 78.8. The van der Waals surface area contributed by atoms with Gasteiger partial charge in [0.05, 0.1) is 96.5 Å². The van der Waals surface area contributed by atoms with E-state index in [0.29, 0.717) is 0 Å². The molecule has 0 radical (unpaired) electrons. The van der Waals surface area contributed by atoms with Crippen molar-refractivity contribution in [2.75, 3.05) is 0 Å². The predicted molar refractivity (Wildman–Crippen MR) is 515 cm³/mol. The van der Waals surface area contributed by atoms with Gasteiger partial charge in [-0.05, 0) is 174 Å². The standard InChI is InChI=1S/C11H11N.C10H11N.5C9H10N2.2C8H9N3.9C2H6/c1-8-4-3-5-10-6-7-12-9(2)11(8)10;1-8-4-3-5-9-6-7-11(2)10(8)9;1-7-9-8(3-5-10-7)4-6-11(9)2;1-7-3-5-10-8-4-6-11(2)9(7)8;1-7-5-10-6-8-3-4-11(2)9(7)8;1-7-4-3-5-8-9(7)11(2)6-10-8;1-7-4-3-5-8-6-10-11(2)9(7)8;1-6-8-7(10-5-9-6)3-4-11(8)2;1-6-8-7(3-4-9-6)5-10-11(8)2;9*1-2/h3-7H,1-2H3;3-7H,1-2H3;5*3-6H,1-2H3;2*3-5H,1-2H3;9*1-2H3. The highest BCUT2D eigenvalue weighted by Gasteiger charge is 2.07. The molecule has 14 heterocycles. The van der Waals surface area contributed by atoms with Crippen LogP contribution in [0.5, 0.6) is 0 Å². The number of hydrogen-bond donors (Lipinski definition) is 0. The second-order valence-corrected chi connectivity index (χ2v) is 25.2. The largest absolute Gasteiger partial charge is 0.350 e. The summed E-state index contributed by atoms with van der Waals surface area (Å²) in [5, 5.41) is 17.1. The van der Waals surface area contributed by atoms with Gasteiger partial charge in [-0.25, -0.2) is 15.0 Å². The Kier molecular flexibility index (Phi) is 49.7. The van der Waals surface area contributed by atoms with E-state index in [1.165, 1.54) is 98.8 Å². The van der Waals surface area contributed by atoms with Crippen LogP contribution in [-0.2, 0) is 56.4 Å². The minimum Gasteiger partial charge on any atom is -0.350 e. The zero-order chi connectivity index (χ0) is 89.3. The summed E-state index contributed by atoms with van der Waals surface area (Å²) in [6.45, 7) is 56.7. The van der Waals surface area contributed by atoms with Gasteiger partial charge in [0.25, 0.3) is 0 Å². The molecule has 0 bridgehead atoms. The van der Waals surface area contributed by atoms with Gasteiger partial charge in [0, 0.05) is 157 Å². The second-order valence-electron chi connectivity index (χ2n) is 25.2. The molecule has 0 fully saturated rings. The number of aromatic nitrogens is 18. The van der Waals surface area contributed by atoms with Crippen LogP contribution in [-0.4, -0.2) is 86.8 Å². The first-order chi connectivity index (χ1) is 57.1. The molecule has 0 aliphatic heterocycles. The summed E-state index contributed by atoms with van der Waals surface area (Å²) < 4.78 is 16.3. The average Bonchev–Trinajstić information content (AvgIpc) is 1.62. The molecule has 0 saturated heterocycles. The maximum atomic E-state index is 4.27. The van der Waals surface area contributed by atoms with E-state index in [1.807, 2.05) is 311 Å². The lowest BCUT2D eigenvalue weighted by molar-refractivity contribution is 0.792. The van der Waals surface area contributed by atoms with Crippen LogP contribution >= 0.6 is 0 Å². The van der Waals surface area contributed by atoms with E-state index >= 15 is 0 Å². The van der Waals surface area contributed by atoms with Crippen molar-refractivity contribution in [2.24, 2.45) is 56.4 Å². The SMILES string of the molecule is CC.CC.CC.CC.CC.CC.CC.CC.CC.Cc1cccc2ccn(C)c12.Cc1cccc2ccnc(C)c12.Cc1cccc2cnn(C)c12.Cc1cccc2ncn(C)c12.Cc1ccnc2ccn(C)c12.Cc1cncc2ccn(C)c12.Cc1nccc2ccn(C)c12.Cc1nccc2cnn(C)c12.Cc1ncnc2ccn(C)c12. The summed E-state index contributed by atoms with van der Waals surface area (Å²) in [7, 11) is 16.1. The van der Waals surface area contributed by atoms with Crippen molar-refractivity contribution in [2.45, 2.75) is 194 Å². The molecule has 18 aromatic rings. The van der Waals surface area contributed by atoms with Gasteiger partial charge in [-0.3, -0.25) is 34.3 Å². The fourth-order valence-electron chi connectivity index (χ4n) is 12.9. The number of fused-ring (bicyclic) bond motifs is 9. The van der Waals surface area contributed by atoms with Crippen molar-refractivity contribution in [3.63, 3.8) is 0 Å². The number of imidazole rings is 1. The van der Waals surface area contributed by atoms with Gasteiger partial charge in [-0.1, -0.05) is 191 Å². The van der Waals surface area contributed by atoms with Crippen molar-refractivity contribution in [3.05, 3.63) is 277 Å². The van der Waals surface area contributed by atoms with Crippen LogP contribution in [0.4, 0.5) is 0 Å². The molecule has 0 aliphatic rings. The van der Waals surface area contributed by atoms with Gasteiger partial charge < -0.3 is 27.4 Å². The lowest BCUT2D eigenvalue weighted by atomic mass is 10.1. The highest BCUT2D eigenvalue weighted by Crippen LogP contribution is 2.24. The molecule has 0 aliphatic carbocycles. The van der Waals surface area contributed by atoms with Crippen LogP contribution in [0, 0.1) is 69.2 Å². The van der Waals surface area contributed by atoms with Crippen LogP contribution in [0.2, 0.25) is 0 Å². The van der Waals surface area contributed by atoms with Crippen molar-refractivity contribution in [1.29, 1.82) is 0 Å². The Labute approximate surface area is 708 Å². The van der Waals surface area contributed by atoms with E-state index in [4.69, 9.17) is 0 Å². The van der Waals surface area contributed by atoms with Crippen LogP contribution in [0.1, 0.15) is 181 Å². The Bertz CT molecular complexity index is 4790. The molecule has 18 rings (SSSR count). The number of nitrogens with zero attached hydrogens (tertiary/aromatic N) is 18. The third-order valence-electron chi connectivity index (χ3n) is 17.8. The molecule has 18 heteroatoms. The number of pyridine rings is 5. The number of aryl methyl sites for hydroxylation is 18. The normalized spacial score (nSPS) is 9.53. The van der Waals surface area contributed by atoms with Gasteiger partial charge in [-0.15, -0.1) is 0 Å². The minimum absolute atomic E-state index is 1.01. The molecule has 0 unspecified atom stereocenters. The van der Waals surface area contributed by atoms with Crippen LogP contribution < -0.4 is 0 Å². The van der Waals surface area contributed by atoms with Gasteiger partial charge >= 0.3 is 0 Å². The first-order valence-electron chi connectivity index (χ1n) is 42.2. The van der Waals surface area contributed by atoms with E-state index < -0.39 is 0 Å². The quantitative estimate of drug-likeness (QED) is 0.142. The number of hydrogen-bond acceptors (Lipinski definition) is 10. The smallest absolute Gasteiger partial charge is 0.116 e. The van der Waals surface area contributed by atoms with Gasteiger partial charge in [0.15, 0.2) is 0 Å². The molecule has 634 valence electrons. The predicted octanol–water partition coefficient (Wildman–Crippen LogP) is 26.5. The summed E-state index contributed by atoms with van der Waals surface area (Å²) in [5.41, 5.74) is 24.9. The fraction of sp³-hybridized carbons (Fsp3) is 0.360. The van der Waals surface area contributed by atoms with E-state index in [2.05, 4.69) is 234 Å². The van der Waals surface area contributed by atoms with Gasteiger partial charge in [0.2, 0.25) is 0 Å². The molecule has 4 aromatic carbocycles. The first kappa shape index (κ1) is 104. The molecule has 14 aromatic heterocycles. The van der Waals surface area contributed by atoms with E-state index in [1.54, 1.807) is 12.5 Å². The first-order valence-corrected chi connectivity index (χ1v) is 42.2. The fourth-order valence-corrected chi connectivity index (χ4v) is 12.9. The molecule has 0 atom stereocenters. The number of para-hydroxylation sites is 3. The summed E-state index contributed by atoms with van der Waals surface area (Å²) in [6, 6.07) is 43.5. The highest BCUT2D eigenvalue weighted by molar-refractivity contribution is 5.88. The third kappa shape index (κ3) is 28.8. The Balaban J connectivity index is 0.000000647. The van der Waals surface area contributed by atoms with Gasteiger partial charge in [0.1, 0.15) is 6.33 Å². The summed E-state index contributed by atoms with van der Waals surface area (Å²) in [5.74, 6) is 0. The molecule has 0 N–H and O–H groups in total. The van der Waals surface area contributed by atoms with Crippen molar-refractivity contribution < 1.29 is 0 Å². The topological polar surface area (TPSA) is 168 Å². The lowest BCUT2D eigenvalue weighted by Crippen LogP contribution is -1.92. The van der Waals surface area contributed by atoms with Crippen molar-refractivity contribution >= 4 is 98.4 Å². The number of rotatable bonds is 0. The monoisotopic (exact) mass is 1600 g/mol. The Hall–Kier alpha value is -11.9. The molecule has 18 nitrogen and oxygen atoms in total. The Morgan fingerprint density at radius 3 is 1.06 bits per heavy atom. The second kappa shape index (κ2) is 56.4. The zero-order valence-electron chi connectivity index (χ0n) is 78.8. The van der Waals surface area contributed by atoms with Crippen molar-refractivity contribution in [3.8, 4) is 0 Å². The molecule has 0 saturated carbocycles. The van der Waals surface area contributed by atoms with Crippen molar-refractivity contribution in [1.82, 2.24) is 86.8 Å².